The molecule has 5 rings (SSSR count). The number of hydrogen-bond acceptors (Lipinski definition) is 10. The number of nitrogens with zero attached hydrogens (tertiary/aromatic N) is 4. The maximum Gasteiger partial charge on any atom is 0.415 e. The molecule has 266 valence electrons. The number of hydrogen-bond donors (Lipinski definition) is 3. The highest BCUT2D eigenvalue weighted by Crippen LogP contribution is 2.36. The van der Waals surface area contributed by atoms with Crippen LogP contribution < -0.4 is 20.0 Å². The molecule has 0 saturated carbocycles. The molecule has 3 atom stereocenters. The highest BCUT2D eigenvalue weighted by atomic mass is 31.2. The number of aromatic nitrogens is 1. The van der Waals surface area contributed by atoms with E-state index in [9.17, 15) is 28.0 Å². The number of carbonyl (C=O) groups is 3. The zero-order valence-corrected chi connectivity index (χ0v) is 28.5. The fourth-order valence-electron chi connectivity index (χ4n) is 5.76. The van der Waals surface area contributed by atoms with Crippen LogP contribution in [0.1, 0.15) is 71.6 Å². The van der Waals surface area contributed by atoms with Gasteiger partial charge in [0.05, 0.1) is 11.8 Å². The number of oxime groups is 1. The number of benzene rings is 2. The van der Waals surface area contributed by atoms with Crippen molar-refractivity contribution in [2.24, 2.45) is 5.16 Å². The van der Waals surface area contributed by atoms with Gasteiger partial charge in [-0.3, -0.25) is 14.4 Å². The van der Waals surface area contributed by atoms with Crippen molar-refractivity contribution >= 4 is 32.2 Å². The van der Waals surface area contributed by atoms with Crippen molar-refractivity contribution in [3.05, 3.63) is 92.9 Å². The summed E-state index contributed by atoms with van der Waals surface area (Å²) in [6.07, 6.45) is 0.609. The second-order valence-electron chi connectivity index (χ2n) is 12.2. The van der Waals surface area contributed by atoms with Crippen LogP contribution in [0.4, 0.5) is 13.6 Å². The van der Waals surface area contributed by atoms with Gasteiger partial charge in [0.15, 0.2) is 5.69 Å². The molecule has 50 heavy (non-hydrogen) atoms. The summed E-state index contributed by atoms with van der Waals surface area (Å²) in [7, 11) is -1.22. The summed E-state index contributed by atoms with van der Waals surface area (Å²) in [5, 5.41) is 6.59. The van der Waals surface area contributed by atoms with E-state index in [1.54, 1.807) is 30.9 Å². The van der Waals surface area contributed by atoms with E-state index in [4.69, 9.17) is 23.9 Å². The zero-order valence-electron chi connectivity index (χ0n) is 27.6. The molecule has 3 unspecified atom stereocenters. The third-order valence-corrected chi connectivity index (χ3v) is 8.70. The van der Waals surface area contributed by atoms with E-state index >= 15 is 0 Å². The molecule has 1 aromatic heterocycles. The second kappa shape index (κ2) is 15.3. The van der Waals surface area contributed by atoms with Crippen LogP contribution in [0.2, 0.25) is 0 Å². The van der Waals surface area contributed by atoms with E-state index in [2.05, 4.69) is 10.5 Å². The van der Waals surface area contributed by atoms with E-state index in [1.807, 2.05) is 6.92 Å². The predicted molar refractivity (Wildman–Crippen MR) is 177 cm³/mol. The highest BCUT2D eigenvalue weighted by molar-refractivity contribution is 7.39. The lowest BCUT2D eigenvalue weighted by molar-refractivity contribution is 0.00772. The van der Waals surface area contributed by atoms with Gasteiger partial charge in [0.25, 0.3) is 11.8 Å². The summed E-state index contributed by atoms with van der Waals surface area (Å²) in [4.78, 5) is 81.8. The Kier molecular flexibility index (Phi) is 11.1. The van der Waals surface area contributed by atoms with Crippen molar-refractivity contribution < 1.29 is 47.0 Å². The van der Waals surface area contributed by atoms with E-state index in [0.717, 1.165) is 17.0 Å². The van der Waals surface area contributed by atoms with Gasteiger partial charge in [-0.25, -0.2) is 13.6 Å². The molecule has 3 heterocycles. The summed E-state index contributed by atoms with van der Waals surface area (Å²) in [5.41, 5.74) is -0.598. The third kappa shape index (κ3) is 8.09. The third-order valence-electron chi connectivity index (χ3n) is 8.33. The van der Waals surface area contributed by atoms with Gasteiger partial charge in [-0.05, 0) is 57.4 Å². The molecule has 0 spiro atoms. The van der Waals surface area contributed by atoms with Crippen molar-refractivity contribution in [2.45, 2.75) is 64.9 Å². The summed E-state index contributed by atoms with van der Waals surface area (Å²) < 4.78 is 39.7. The maximum absolute atomic E-state index is 14.3. The fourth-order valence-corrected chi connectivity index (χ4v) is 6.07. The standard InChI is InChI=1S/C33H36F2N5O9P/c1-18(2)37-48-27-12-5-19(3)39-17-26(27)40-16-24(31(42)36-14-21-8-9-22(34)13-25(21)35)29(41)30(28(40)32(39)43)47-33(44)38(4)15-20-6-10-23(11-7-20)49-50(45)46/h6-11,13,16,19,26-27,45-46H,5,12,14-15,17H2,1-4H3,(H,36,42). The Balaban J connectivity index is 1.53. The lowest BCUT2D eigenvalue weighted by atomic mass is 10.0. The quantitative estimate of drug-likeness (QED) is 0.158. The molecule has 2 aliphatic heterocycles. The molecule has 2 bridgehead atoms. The second-order valence-corrected chi connectivity index (χ2v) is 12.9. The first-order chi connectivity index (χ1) is 23.7. The van der Waals surface area contributed by atoms with Crippen LogP contribution >= 0.6 is 8.60 Å². The van der Waals surface area contributed by atoms with Crippen LogP contribution in [0, 0.1) is 11.6 Å². The van der Waals surface area contributed by atoms with Crippen molar-refractivity contribution in [2.75, 3.05) is 13.6 Å². The molecule has 2 aromatic carbocycles. The monoisotopic (exact) mass is 715 g/mol. The van der Waals surface area contributed by atoms with Crippen molar-refractivity contribution in [1.29, 1.82) is 0 Å². The molecule has 3 N–H and O–H groups in total. The topological polar surface area (TPSA) is 172 Å². The molecule has 0 radical (unpaired) electrons. The van der Waals surface area contributed by atoms with Gasteiger partial charge >= 0.3 is 14.7 Å². The summed E-state index contributed by atoms with van der Waals surface area (Å²) in [6.45, 7) is 5.10. The first-order valence-corrected chi connectivity index (χ1v) is 16.8. The van der Waals surface area contributed by atoms with E-state index in [1.165, 1.54) is 29.9 Å². The van der Waals surface area contributed by atoms with Crippen molar-refractivity contribution in [3.8, 4) is 11.5 Å². The number of pyridine rings is 1. The van der Waals surface area contributed by atoms with Gasteiger partial charge in [0.1, 0.15) is 29.1 Å². The number of carbonyl (C=O) groups excluding carboxylic acids is 3. The van der Waals surface area contributed by atoms with Gasteiger partial charge in [-0.1, -0.05) is 23.4 Å². The molecule has 0 aliphatic carbocycles. The van der Waals surface area contributed by atoms with Crippen LogP contribution in [-0.4, -0.2) is 73.5 Å². The average molecular weight is 716 g/mol. The fraction of sp³-hybridized carbons (Fsp3) is 0.364. The zero-order chi connectivity index (χ0) is 36.3. The molecule has 3 amide bonds. The number of fused-ring (bicyclic) bond motifs is 4. The van der Waals surface area contributed by atoms with Gasteiger partial charge < -0.3 is 43.6 Å². The first-order valence-electron chi connectivity index (χ1n) is 15.6. The van der Waals surface area contributed by atoms with Crippen molar-refractivity contribution in [1.82, 2.24) is 19.7 Å². The Labute approximate surface area is 286 Å². The van der Waals surface area contributed by atoms with E-state index in [-0.39, 0.29) is 36.1 Å². The normalized spacial score (nSPS) is 18.1. The van der Waals surface area contributed by atoms with Gasteiger partial charge in [0.2, 0.25) is 11.2 Å². The number of ether oxygens (including phenoxy) is 1. The summed E-state index contributed by atoms with van der Waals surface area (Å²) in [6, 6.07) is 8.02. The van der Waals surface area contributed by atoms with Crippen molar-refractivity contribution in [3.63, 3.8) is 0 Å². The molecular formula is C33H36F2N5O9P. The Morgan fingerprint density at radius 1 is 1.10 bits per heavy atom. The molecule has 1 fully saturated rings. The predicted octanol–water partition coefficient (Wildman–Crippen LogP) is 4.24. The molecule has 17 heteroatoms. The molecule has 1 saturated heterocycles. The Morgan fingerprint density at radius 3 is 2.48 bits per heavy atom. The molecule has 2 aliphatic rings. The Hall–Kier alpha value is -4.92. The van der Waals surface area contributed by atoms with E-state index < -0.39 is 73.6 Å². The van der Waals surface area contributed by atoms with Crippen LogP contribution in [-0.2, 0) is 17.9 Å². The molecule has 3 aromatic rings. The Bertz CT molecular complexity index is 1870. The highest BCUT2D eigenvalue weighted by Gasteiger charge is 2.44. The first kappa shape index (κ1) is 36.4. The number of rotatable bonds is 10. The minimum absolute atomic E-state index is 0.0247. The van der Waals surface area contributed by atoms with Gasteiger partial charge in [0, 0.05) is 50.6 Å². The van der Waals surface area contributed by atoms with Gasteiger partial charge in [-0.2, -0.15) is 0 Å². The molecule has 14 nitrogen and oxygen atoms in total. The van der Waals surface area contributed by atoms with Crippen LogP contribution in [0.15, 0.2) is 58.6 Å². The summed E-state index contributed by atoms with van der Waals surface area (Å²) >= 11 is 0. The minimum Gasteiger partial charge on any atom is -0.427 e. The lowest BCUT2D eigenvalue weighted by Crippen LogP contribution is -2.50. The largest absolute Gasteiger partial charge is 0.427 e. The van der Waals surface area contributed by atoms with Crippen LogP contribution in [0.3, 0.4) is 0 Å². The SMILES string of the molecule is CC(C)=NOC1CCC(C)N2CC1n1cc(C(=O)NCc3ccc(F)cc3F)c(=O)c(OC(=O)N(C)Cc3ccc(OP(O)O)cc3)c1C2=O. The van der Waals surface area contributed by atoms with Crippen LogP contribution in [0.25, 0.3) is 0 Å². The Morgan fingerprint density at radius 2 is 1.82 bits per heavy atom. The van der Waals surface area contributed by atoms with Gasteiger partial charge in [-0.15, -0.1) is 0 Å². The number of nitrogens with one attached hydrogen (secondary N) is 1. The van der Waals surface area contributed by atoms with Crippen LogP contribution in [0.5, 0.6) is 11.5 Å². The number of amides is 3. The minimum atomic E-state index is -2.61. The molecular weight excluding hydrogens is 679 g/mol. The summed E-state index contributed by atoms with van der Waals surface area (Å²) in [5.74, 6) is -3.72. The maximum atomic E-state index is 14.3. The average Bonchev–Trinajstić information content (AvgIpc) is 3.20. The van der Waals surface area contributed by atoms with E-state index in [0.29, 0.717) is 30.2 Å². The lowest BCUT2D eigenvalue weighted by Gasteiger charge is -2.38. The number of halogens is 2. The smallest absolute Gasteiger partial charge is 0.415 e.